The maximum absolute atomic E-state index is 12.5. The quantitative estimate of drug-likeness (QED) is 0.802. The highest BCUT2D eigenvalue weighted by Crippen LogP contribution is 2.24. The molecule has 0 atom stereocenters. The minimum Gasteiger partial charge on any atom is -0.497 e. The van der Waals surface area contributed by atoms with Crippen molar-refractivity contribution < 1.29 is 17.9 Å². The molecule has 0 aliphatic rings. The minimum absolute atomic E-state index is 0.0665. The molecule has 0 fully saturated rings. The van der Waals surface area contributed by atoms with Crippen LogP contribution in [0.5, 0.6) is 5.75 Å². The van der Waals surface area contributed by atoms with Crippen LogP contribution in [0.15, 0.2) is 47.4 Å². The second-order valence-corrected chi connectivity index (χ2v) is 7.69. The normalized spacial score (nSPS) is 11.2. The van der Waals surface area contributed by atoms with Gasteiger partial charge in [0.1, 0.15) is 5.75 Å². The van der Waals surface area contributed by atoms with Gasteiger partial charge in [-0.2, -0.15) is 0 Å². The highest BCUT2D eigenvalue weighted by molar-refractivity contribution is 7.92. The summed E-state index contributed by atoms with van der Waals surface area (Å²) in [7, 11) is -2.30. The van der Waals surface area contributed by atoms with Crippen LogP contribution < -0.4 is 14.8 Å². The first-order valence-corrected chi connectivity index (χ1v) is 9.36. The van der Waals surface area contributed by atoms with Crippen molar-refractivity contribution in [1.82, 2.24) is 5.32 Å². The number of rotatable bonds is 6. The van der Waals surface area contributed by atoms with Gasteiger partial charge >= 0.3 is 0 Å². The summed E-state index contributed by atoms with van der Waals surface area (Å²) in [6.07, 6.45) is 0. The summed E-state index contributed by atoms with van der Waals surface area (Å²) in [5, 5.41) is 2.96. The molecular weight excluding hydrogens is 364 g/mol. The van der Waals surface area contributed by atoms with Crippen molar-refractivity contribution in [2.24, 2.45) is 0 Å². The fourth-order valence-corrected chi connectivity index (χ4v) is 3.32. The van der Waals surface area contributed by atoms with Gasteiger partial charge in [0, 0.05) is 11.7 Å². The first kappa shape index (κ1) is 19.1. The van der Waals surface area contributed by atoms with E-state index in [9.17, 15) is 13.2 Å². The third kappa shape index (κ3) is 4.87. The molecule has 2 aromatic rings. The Morgan fingerprint density at radius 1 is 1.12 bits per heavy atom. The van der Waals surface area contributed by atoms with Crippen molar-refractivity contribution in [3.63, 3.8) is 0 Å². The molecular formula is C17H19ClN2O4S. The Morgan fingerprint density at radius 3 is 2.32 bits per heavy atom. The highest BCUT2D eigenvalue weighted by Gasteiger charge is 2.17. The number of carbonyl (C=O) groups excluding carboxylic acids is 1. The smallest absolute Gasteiger partial charge is 0.261 e. The summed E-state index contributed by atoms with van der Waals surface area (Å²) < 4.78 is 32.4. The van der Waals surface area contributed by atoms with Crippen molar-refractivity contribution in [3.05, 3.63) is 53.1 Å². The summed E-state index contributed by atoms with van der Waals surface area (Å²) in [5.74, 6) is 0.184. The molecule has 0 saturated carbocycles. The van der Waals surface area contributed by atoms with Crippen LogP contribution in [0.1, 0.15) is 24.2 Å². The van der Waals surface area contributed by atoms with Gasteiger partial charge in [0.2, 0.25) is 0 Å². The zero-order valence-corrected chi connectivity index (χ0v) is 15.6. The van der Waals surface area contributed by atoms with E-state index in [1.165, 1.54) is 37.4 Å². The van der Waals surface area contributed by atoms with Crippen LogP contribution in [0.25, 0.3) is 0 Å². The maximum Gasteiger partial charge on any atom is 0.261 e. The lowest BCUT2D eigenvalue weighted by Crippen LogP contribution is -2.30. The minimum atomic E-state index is -3.80. The second kappa shape index (κ2) is 7.76. The third-order valence-electron chi connectivity index (χ3n) is 3.25. The summed E-state index contributed by atoms with van der Waals surface area (Å²) in [5.41, 5.74) is 0.444. The lowest BCUT2D eigenvalue weighted by molar-refractivity contribution is 0.0943. The molecule has 0 unspecified atom stereocenters. The molecule has 8 heteroatoms. The van der Waals surface area contributed by atoms with Crippen molar-refractivity contribution in [1.29, 1.82) is 0 Å². The Hall–Kier alpha value is -2.25. The summed E-state index contributed by atoms with van der Waals surface area (Å²) in [6.45, 7) is 3.64. The number of halogens is 1. The van der Waals surface area contributed by atoms with E-state index in [4.69, 9.17) is 16.3 Å². The van der Waals surface area contributed by atoms with Crippen LogP contribution in [-0.2, 0) is 10.0 Å². The molecule has 134 valence electrons. The highest BCUT2D eigenvalue weighted by atomic mass is 35.5. The van der Waals surface area contributed by atoms with Gasteiger partial charge in [0.25, 0.3) is 15.9 Å². The van der Waals surface area contributed by atoms with Crippen LogP contribution in [0.3, 0.4) is 0 Å². The Kier molecular flexibility index (Phi) is 5.92. The third-order valence-corrected chi connectivity index (χ3v) is 4.98. The molecule has 0 spiro atoms. The predicted octanol–water partition coefficient (Wildman–Crippen LogP) is 3.29. The number of methoxy groups -OCH3 is 1. The molecule has 0 heterocycles. The van der Waals surface area contributed by atoms with Crippen LogP contribution in [0, 0.1) is 0 Å². The Bertz CT molecular complexity index is 865. The van der Waals surface area contributed by atoms with Gasteiger partial charge in [-0.15, -0.1) is 0 Å². The molecule has 2 N–H and O–H groups in total. The van der Waals surface area contributed by atoms with Crippen molar-refractivity contribution in [3.8, 4) is 5.75 Å². The molecule has 0 bridgehead atoms. The summed E-state index contributed by atoms with van der Waals surface area (Å²) >= 11 is 6.04. The number of benzene rings is 2. The number of anilines is 1. The molecule has 0 aromatic heterocycles. The predicted molar refractivity (Wildman–Crippen MR) is 97.9 cm³/mol. The van der Waals surface area contributed by atoms with E-state index in [0.29, 0.717) is 5.75 Å². The van der Waals surface area contributed by atoms with Gasteiger partial charge in [-0.3, -0.25) is 9.52 Å². The molecule has 2 rings (SSSR count). The molecule has 6 nitrogen and oxygen atoms in total. The van der Waals surface area contributed by atoms with Crippen molar-refractivity contribution in [2.45, 2.75) is 24.8 Å². The van der Waals surface area contributed by atoms with Gasteiger partial charge in [-0.25, -0.2) is 8.42 Å². The molecule has 1 amide bonds. The largest absolute Gasteiger partial charge is 0.497 e. The van der Waals surface area contributed by atoms with Crippen LogP contribution in [-0.4, -0.2) is 27.5 Å². The zero-order chi connectivity index (χ0) is 18.6. The molecule has 0 saturated heterocycles. The fourth-order valence-electron chi connectivity index (χ4n) is 2.07. The number of amides is 1. The van der Waals surface area contributed by atoms with Gasteiger partial charge in [-0.1, -0.05) is 11.6 Å². The average Bonchev–Trinajstić information content (AvgIpc) is 2.55. The molecule has 0 aliphatic carbocycles. The van der Waals surface area contributed by atoms with E-state index in [-0.39, 0.29) is 33.1 Å². The summed E-state index contributed by atoms with van der Waals surface area (Å²) in [4.78, 5) is 12.2. The van der Waals surface area contributed by atoms with Crippen molar-refractivity contribution in [2.75, 3.05) is 11.8 Å². The maximum atomic E-state index is 12.5. The summed E-state index contributed by atoms with van der Waals surface area (Å²) in [6, 6.07) is 10.3. The number of sulfonamides is 1. The lowest BCUT2D eigenvalue weighted by Gasteiger charge is -2.13. The van der Waals surface area contributed by atoms with Gasteiger partial charge in [-0.05, 0) is 56.3 Å². The van der Waals surface area contributed by atoms with E-state index >= 15 is 0 Å². The van der Waals surface area contributed by atoms with Crippen LogP contribution >= 0.6 is 11.6 Å². The standard InChI is InChI=1S/C17H19ClN2O4S/c1-11(2)19-17(21)15-10-12(4-9-16(15)18)20-25(22,23)14-7-5-13(24-3)6-8-14/h4-11,20H,1-3H3,(H,19,21). The van der Waals surface area contributed by atoms with Crippen LogP contribution in [0.2, 0.25) is 5.02 Å². The topological polar surface area (TPSA) is 84.5 Å². The van der Waals surface area contributed by atoms with E-state index in [1.54, 1.807) is 12.1 Å². The number of ether oxygens (including phenoxy) is 1. The first-order chi connectivity index (χ1) is 11.7. The van der Waals surface area contributed by atoms with Crippen molar-refractivity contribution >= 4 is 33.2 Å². The van der Waals surface area contributed by atoms with E-state index < -0.39 is 10.0 Å². The zero-order valence-electron chi connectivity index (χ0n) is 14.0. The number of hydrogen-bond donors (Lipinski definition) is 2. The van der Waals surface area contributed by atoms with Gasteiger partial charge in [0.15, 0.2) is 0 Å². The molecule has 25 heavy (non-hydrogen) atoms. The number of hydrogen-bond acceptors (Lipinski definition) is 4. The lowest BCUT2D eigenvalue weighted by atomic mass is 10.2. The monoisotopic (exact) mass is 382 g/mol. The Morgan fingerprint density at radius 2 is 1.76 bits per heavy atom. The molecule has 2 aromatic carbocycles. The average molecular weight is 383 g/mol. The van der Waals surface area contributed by atoms with Gasteiger partial charge < -0.3 is 10.1 Å². The van der Waals surface area contributed by atoms with E-state index in [2.05, 4.69) is 10.0 Å². The number of nitrogens with one attached hydrogen (secondary N) is 2. The van der Waals surface area contributed by atoms with E-state index in [1.807, 2.05) is 13.8 Å². The molecule has 0 aliphatic heterocycles. The number of carbonyl (C=O) groups is 1. The van der Waals surface area contributed by atoms with E-state index in [0.717, 1.165) is 0 Å². The Labute approximate surface area is 152 Å². The Balaban J connectivity index is 2.28. The fraction of sp³-hybridized carbons (Fsp3) is 0.235. The van der Waals surface area contributed by atoms with Crippen LogP contribution in [0.4, 0.5) is 5.69 Å². The second-order valence-electron chi connectivity index (χ2n) is 5.60. The molecule has 0 radical (unpaired) electrons. The SMILES string of the molecule is COc1ccc(S(=O)(=O)Nc2ccc(Cl)c(C(=O)NC(C)C)c2)cc1. The first-order valence-electron chi connectivity index (χ1n) is 7.50. The van der Waals surface area contributed by atoms with Gasteiger partial charge in [0.05, 0.1) is 22.6 Å².